The first-order chi connectivity index (χ1) is 24.4. The number of nitrogens with zero attached hydrogens (tertiary/aromatic N) is 9. The number of nitrogens with one attached hydrogen (secondary N) is 5. The predicted octanol–water partition coefficient (Wildman–Crippen LogP) is 0.173. The Morgan fingerprint density at radius 2 is 0.941 bits per heavy atom. The van der Waals surface area contributed by atoms with E-state index >= 15 is 0 Å². The van der Waals surface area contributed by atoms with E-state index in [0.29, 0.717) is 76.3 Å². The molecule has 0 aromatic carbocycles. The van der Waals surface area contributed by atoms with Gasteiger partial charge in [-0.3, -0.25) is 30.2 Å². The summed E-state index contributed by atoms with van der Waals surface area (Å²) in [6.07, 6.45) is 4.65. The lowest BCUT2D eigenvalue weighted by molar-refractivity contribution is 0.0964. The van der Waals surface area contributed by atoms with Crippen LogP contribution >= 0.6 is 23.2 Å². The van der Waals surface area contributed by atoms with Gasteiger partial charge in [0.2, 0.25) is 17.8 Å². The highest BCUT2D eigenvalue weighted by Gasteiger charge is 2.18. The van der Waals surface area contributed by atoms with E-state index in [4.69, 9.17) is 57.6 Å². The van der Waals surface area contributed by atoms with Crippen molar-refractivity contribution in [3.63, 3.8) is 0 Å². The van der Waals surface area contributed by atoms with Crippen molar-refractivity contribution < 1.29 is 9.59 Å². The Hall–Kier alpha value is -5.77. The van der Waals surface area contributed by atoms with Crippen LogP contribution in [0.4, 0.5) is 41.1 Å². The summed E-state index contributed by atoms with van der Waals surface area (Å²) in [5.41, 5.74) is 33.7. The molecule has 0 unspecified atom stereocenters. The number of carbonyl (C=O) groups excluding carboxylic acids is 2. The van der Waals surface area contributed by atoms with Crippen molar-refractivity contribution in [1.82, 2.24) is 45.5 Å². The average molecular weight is 750 g/mol. The second-order valence-electron chi connectivity index (χ2n) is 10.6. The second kappa shape index (κ2) is 20.0. The van der Waals surface area contributed by atoms with Crippen LogP contribution in [0.5, 0.6) is 0 Å². The van der Waals surface area contributed by atoms with Gasteiger partial charge >= 0.3 is 0 Å². The Kier molecular flexibility index (Phi) is 15.6. The fourth-order valence-electron chi connectivity index (χ4n) is 3.91. The quantitative estimate of drug-likeness (QED) is 0.0469. The number of aliphatic imine (C=N–C) groups is 2. The smallest absolute Gasteiger partial charge is 0.280 e. The molecule has 17 N–H and O–H groups in total. The summed E-state index contributed by atoms with van der Waals surface area (Å²) in [7, 11) is 0. The molecule has 0 aliphatic carbocycles. The lowest BCUT2D eigenvalue weighted by Gasteiger charge is -2.11. The minimum atomic E-state index is -0.712. The largest absolute Gasteiger partial charge is 0.382 e. The number of amides is 2. The van der Waals surface area contributed by atoms with Crippen LogP contribution in [0.25, 0.3) is 0 Å². The number of aromatic nitrogens is 7. The molecule has 24 heteroatoms. The summed E-state index contributed by atoms with van der Waals surface area (Å²) in [6, 6.07) is 0. The second-order valence-corrected chi connectivity index (χ2v) is 11.3. The van der Waals surface area contributed by atoms with E-state index in [1.165, 1.54) is 0 Å². The molecule has 0 spiro atoms. The number of nitrogens with two attached hydrogens (primary N) is 6. The highest BCUT2D eigenvalue weighted by Crippen LogP contribution is 2.18. The minimum absolute atomic E-state index is 0.0908. The Balaban J connectivity index is 1.42. The Labute approximate surface area is 302 Å². The normalized spacial score (nSPS) is 11.6. The topological polar surface area (TPSA) is 365 Å². The van der Waals surface area contributed by atoms with Gasteiger partial charge in [0.15, 0.2) is 56.9 Å². The van der Waals surface area contributed by atoms with E-state index < -0.39 is 11.8 Å². The zero-order valence-corrected chi connectivity index (χ0v) is 29.4. The molecule has 0 bridgehead atoms. The van der Waals surface area contributed by atoms with Crippen LogP contribution in [-0.2, 0) is 0 Å². The fourth-order valence-corrected chi connectivity index (χ4v) is 4.16. The van der Waals surface area contributed by atoms with Gasteiger partial charge in [0, 0.05) is 32.7 Å². The zero-order chi connectivity index (χ0) is 37.3. The maximum absolute atomic E-state index is 12.4. The Morgan fingerprint density at radius 1 is 0.569 bits per heavy atom. The number of halogens is 2. The van der Waals surface area contributed by atoms with E-state index in [-0.39, 0.29) is 56.9 Å². The highest BCUT2D eigenvalue weighted by atomic mass is 35.5. The number of carbonyl (C=O) groups is 2. The Morgan fingerprint density at radius 3 is 1.31 bits per heavy atom. The highest BCUT2D eigenvalue weighted by molar-refractivity contribution is 6.32. The lowest BCUT2D eigenvalue weighted by Crippen LogP contribution is -2.38. The molecule has 0 aliphatic heterocycles. The molecule has 2 amide bonds. The first-order valence-electron chi connectivity index (χ1n) is 15.7. The van der Waals surface area contributed by atoms with Gasteiger partial charge in [-0.1, -0.05) is 36.5 Å². The van der Waals surface area contributed by atoms with Gasteiger partial charge in [-0.2, -0.15) is 15.0 Å². The number of anilines is 7. The number of hydrogen-bond acceptors (Lipinski definition) is 18. The van der Waals surface area contributed by atoms with Crippen LogP contribution in [0.15, 0.2) is 9.98 Å². The van der Waals surface area contributed by atoms with Crippen LogP contribution < -0.4 is 61.0 Å². The Bertz CT molecular complexity index is 1610. The molecule has 3 aromatic heterocycles. The molecule has 0 fully saturated rings. The summed E-state index contributed by atoms with van der Waals surface area (Å²) in [5, 5.41) is 14.1. The molecule has 0 saturated carbocycles. The minimum Gasteiger partial charge on any atom is -0.382 e. The van der Waals surface area contributed by atoms with Crippen molar-refractivity contribution >= 4 is 88.1 Å². The molecular formula is C27H42Cl2N20O2. The van der Waals surface area contributed by atoms with Crippen LogP contribution in [-0.4, -0.2) is 91.3 Å². The molecule has 0 atom stereocenters. The monoisotopic (exact) mass is 748 g/mol. The molecule has 3 rings (SSSR count). The van der Waals surface area contributed by atoms with Crippen molar-refractivity contribution in [2.24, 2.45) is 21.5 Å². The lowest BCUT2D eigenvalue weighted by atomic mass is 10.3. The summed E-state index contributed by atoms with van der Waals surface area (Å²) in [4.78, 5) is 61.6. The molecule has 3 heterocycles. The maximum atomic E-state index is 12.4. The van der Waals surface area contributed by atoms with Crippen molar-refractivity contribution in [1.29, 1.82) is 0 Å². The van der Waals surface area contributed by atoms with Crippen LogP contribution in [0.2, 0.25) is 10.3 Å². The molecule has 0 aliphatic rings. The van der Waals surface area contributed by atoms with E-state index in [2.05, 4.69) is 78.4 Å². The zero-order valence-electron chi connectivity index (χ0n) is 27.8. The fraction of sp³-hybridized carbons (Fsp3) is 0.444. The number of hydrogen-bond donors (Lipinski definition) is 11. The van der Waals surface area contributed by atoms with Crippen LogP contribution in [0.3, 0.4) is 0 Å². The van der Waals surface area contributed by atoms with E-state index in [1.807, 2.05) is 0 Å². The first-order valence-corrected chi connectivity index (χ1v) is 16.5. The molecule has 276 valence electrons. The van der Waals surface area contributed by atoms with E-state index in [9.17, 15) is 9.59 Å². The first kappa shape index (κ1) is 39.7. The van der Waals surface area contributed by atoms with Gasteiger partial charge in [-0.15, -0.1) is 0 Å². The third kappa shape index (κ3) is 13.2. The molecule has 0 saturated heterocycles. The van der Waals surface area contributed by atoms with Gasteiger partial charge in [0.25, 0.3) is 11.8 Å². The molecular weight excluding hydrogens is 707 g/mol. The number of nitrogen functional groups attached to an aromatic ring is 4. The van der Waals surface area contributed by atoms with E-state index in [0.717, 1.165) is 12.8 Å². The number of rotatable bonds is 18. The molecule has 3 aromatic rings. The van der Waals surface area contributed by atoms with Crippen molar-refractivity contribution in [3.05, 3.63) is 21.7 Å². The van der Waals surface area contributed by atoms with Gasteiger partial charge < -0.3 is 50.4 Å². The van der Waals surface area contributed by atoms with Crippen LogP contribution in [0, 0.1) is 0 Å². The summed E-state index contributed by atoms with van der Waals surface area (Å²) < 4.78 is 0. The van der Waals surface area contributed by atoms with E-state index in [1.54, 1.807) is 0 Å². The van der Waals surface area contributed by atoms with Crippen LogP contribution in [0.1, 0.15) is 66.4 Å². The van der Waals surface area contributed by atoms with Gasteiger partial charge in [0.05, 0.1) is 0 Å². The summed E-state index contributed by atoms with van der Waals surface area (Å²) in [5.74, 6) is -0.977. The van der Waals surface area contributed by atoms with Gasteiger partial charge in [0.1, 0.15) is 0 Å². The molecule has 22 nitrogen and oxygen atoms in total. The van der Waals surface area contributed by atoms with Crippen molar-refractivity contribution in [2.75, 3.05) is 71.6 Å². The molecule has 51 heavy (non-hydrogen) atoms. The summed E-state index contributed by atoms with van der Waals surface area (Å²) in [6.45, 7) is 4.56. The standard InChI is InChI=1S/C27H42Cl2N20O2/c1-2-3-8-38-25-47-26(39-11-6-4-9-36-23(34)45-21(50)13-17(30)43-19(32)15(28)41-13)49-27(48-25)40-12-7-5-10-37-24(35)46-22(51)14-18(31)44-20(33)16(29)42-14/h2-12H2,1H3,(H4,30,32,43)(H4,31,33,44)(H3,34,36,45,50)(H3,35,37,46,51)(H3,38,39,40,47,48,49). The van der Waals surface area contributed by atoms with Crippen molar-refractivity contribution in [2.45, 2.75) is 45.4 Å². The average Bonchev–Trinajstić information content (AvgIpc) is 3.07. The third-order valence-corrected chi connectivity index (χ3v) is 7.03. The third-order valence-electron chi connectivity index (χ3n) is 6.47. The van der Waals surface area contributed by atoms with Gasteiger partial charge in [-0.05, 0) is 32.1 Å². The number of unbranched alkanes of at least 4 members (excludes halogenated alkanes) is 3. The number of guanidine groups is 2. The van der Waals surface area contributed by atoms with Crippen molar-refractivity contribution in [3.8, 4) is 0 Å². The SMILES string of the molecule is CCCCNc1nc(NCCCCN=C(N)NC(=O)c2nc(Cl)c(N)nc2N)nc(NCCCCN=C(N)NC(=O)c2nc(Cl)c(N)nc2N)n1. The molecule has 0 radical (unpaired) electrons. The van der Waals surface area contributed by atoms with Gasteiger partial charge in [-0.25, -0.2) is 19.9 Å². The maximum Gasteiger partial charge on any atom is 0.280 e. The predicted molar refractivity (Wildman–Crippen MR) is 198 cm³/mol. The summed E-state index contributed by atoms with van der Waals surface area (Å²) >= 11 is 11.6.